The molecule has 2 heteroatoms. The molecule has 0 saturated heterocycles. The first kappa shape index (κ1) is 8.30. The van der Waals surface area contributed by atoms with Gasteiger partial charge in [0.1, 0.15) is 12.4 Å². The predicted molar refractivity (Wildman–Crippen MR) is 52.5 cm³/mol. The molecule has 2 heterocycles. The van der Waals surface area contributed by atoms with Crippen LogP contribution in [0.1, 0.15) is 19.8 Å². The van der Waals surface area contributed by atoms with Crippen LogP contribution in [0.3, 0.4) is 0 Å². The van der Waals surface area contributed by atoms with Gasteiger partial charge in [-0.3, -0.25) is 0 Å². The maximum absolute atomic E-state index is 2.30. The summed E-state index contributed by atoms with van der Waals surface area (Å²) in [6.07, 6.45) is 8.82. The van der Waals surface area contributed by atoms with Gasteiger partial charge in [0, 0.05) is 6.07 Å². The first-order chi connectivity index (χ1) is 6.42. The summed E-state index contributed by atoms with van der Waals surface area (Å²) in [4.78, 5) is 0. The van der Waals surface area contributed by atoms with E-state index < -0.39 is 0 Å². The third kappa shape index (κ3) is 1.57. The van der Waals surface area contributed by atoms with Crippen LogP contribution in [-0.4, -0.2) is 4.40 Å². The van der Waals surface area contributed by atoms with E-state index in [4.69, 9.17) is 0 Å². The highest BCUT2D eigenvalue weighted by Gasteiger charge is 2.05. The molecule has 13 heavy (non-hydrogen) atoms. The fourth-order valence-corrected chi connectivity index (χ4v) is 1.56. The topological polar surface area (TPSA) is 8.29 Å². The van der Waals surface area contributed by atoms with Crippen molar-refractivity contribution in [2.75, 3.05) is 0 Å². The van der Waals surface area contributed by atoms with Crippen molar-refractivity contribution in [3.63, 3.8) is 0 Å². The van der Waals surface area contributed by atoms with Crippen molar-refractivity contribution in [1.82, 2.24) is 4.40 Å². The van der Waals surface area contributed by atoms with Crippen LogP contribution in [0.15, 0.2) is 36.8 Å². The first-order valence-electron chi connectivity index (χ1n) is 4.87. The lowest BCUT2D eigenvalue weighted by atomic mass is 10.3. The average Bonchev–Trinajstić information content (AvgIpc) is 2.58. The zero-order chi connectivity index (χ0) is 9.10. The summed E-state index contributed by atoms with van der Waals surface area (Å²) in [5.74, 6) is 0. The van der Waals surface area contributed by atoms with Crippen molar-refractivity contribution in [2.24, 2.45) is 0 Å². The molecule has 0 atom stereocenters. The van der Waals surface area contributed by atoms with E-state index in [1.165, 1.54) is 18.5 Å². The Bertz CT molecular complexity index is 390. The van der Waals surface area contributed by atoms with Crippen LogP contribution in [0, 0.1) is 0 Å². The van der Waals surface area contributed by atoms with Gasteiger partial charge in [0.2, 0.25) is 0 Å². The number of hydrogen-bond acceptors (Lipinski definition) is 0. The minimum Gasteiger partial charge on any atom is -0.230 e. The Labute approximate surface area is 78.4 Å². The zero-order valence-corrected chi connectivity index (χ0v) is 7.98. The second-order valence-electron chi connectivity index (χ2n) is 3.31. The number of nitrogens with zero attached hydrogens (tertiary/aromatic N) is 2. The van der Waals surface area contributed by atoms with E-state index in [-0.39, 0.29) is 0 Å². The van der Waals surface area contributed by atoms with Crippen molar-refractivity contribution < 1.29 is 4.57 Å². The maximum atomic E-state index is 2.30. The van der Waals surface area contributed by atoms with E-state index in [1.807, 2.05) is 0 Å². The molecule has 0 aliphatic rings. The lowest BCUT2D eigenvalue weighted by Crippen LogP contribution is -2.31. The van der Waals surface area contributed by atoms with Crippen molar-refractivity contribution in [3.8, 4) is 0 Å². The number of pyridine rings is 1. The van der Waals surface area contributed by atoms with E-state index in [0.717, 1.165) is 6.54 Å². The number of imidazole rings is 1. The number of unbranched alkanes of at least 4 members (excludes halogenated alkanes) is 1. The number of fused-ring (bicyclic) bond motifs is 1. The van der Waals surface area contributed by atoms with E-state index in [1.54, 1.807) is 0 Å². The van der Waals surface area contributed by atoms with Gasteiger partial charge in [-0.2, -0.15) is 0 Å². The van der Waals surface area contributed by atoms with E-state index in [2.05, 4.69) is 52.7 Å². The van der Waals surface area contributed by atoms with Gasteiger partial charge in [-0.15, -0.1) is 0 Å². The van der Waals surface area contributed by atoms with Crippen molar-refractivity contribution >= 4 is 5.65 Å². The SMILES string of the molecule is CCCC[n+]1ccn2ccccc21. The second-order valence-corrected chi connectivity index (χ2v) is 3.31. The Kier molecular flexibility index (Phi) is 2.30. The van der Waals surface area contributed by atoms with Crippen LogP contribution in [-0.2, 0) is 6.54 Å². The molecule has 2 nitrogen and oxygen atoms in total. The van der Waals surface area contributed by atoms with Gasteiger partial charge in [0.25, 0.3) is 5.65 Å². The highest BCUT2D eigenvalue weighted by atomic mass is 15.1. The molecule has 2 rings (SSSR count). The van der Waals surface area contributed by atoms with Crippen LogP contribution in [0.4, 0.5) is 0 Å². The molecule has 0 unspecified atom stereocenters. The molecule has 68 valence electrons. The molecule has 0 fully saturated rings. The van der Waals surface area contributed by atoms with Gasteiger partial charge in [-0.1, -0.05) is 19.4 Å². The molecule has 0 amide bonds. The molecule has 0 bridgehead atoms. The molecule has 0 saturated carbocycles. The summed E-state index contributed by atoms with van der Waals surface area (Å²) in [6.45, 7) is 3.34. The summed E-state index contributed by atoms with van der Waals surface area (Å²) >= 11 is 0. The Morgan fingerprint density at radius 1 is 1.31 bits per heavy atom. The Morgan fingerprint density at radius 2 is 2.23 bits per heavy atom. The summed E-state index contributed by atoms with van der Waals surface area (Å²) < 4.78 is 4.44. The predicted octanol–water partition coefficient (Wildman–Crippen LogP) is 2.03. The Hall–Kier alpha value is -1.31. The summed E-state index contributed by atoms with van der Waals surface area (Å²) in [5, 5.41) is 0. The standard InChI is InChI=1S/C11H15N2/c1-2-3-7-12-9-10-13-8-5-4-6-11(12)13/h4-6,8-10H,2-3,7H2,1H3/q+1. The lowest BCUT2D eigenvalue weighted by molar-refractivity contribution is -0.671. The van der Waals surface area contributed by atoms with E-state index >= 15 is 0 Å². The minimum atomic E-state index is 1.12. The molecule has 0 N–H and O–H groups in total. The largest absolute Gasteiger partial charge is 0.286 e. The summed E-state index contributed by atoms with van der Waals surface area (Å²) in [6, 6.07) is 6.28. The van der Waals surface area contributed by atoms with Crippen LogP contribution < -0.4 is 4.57 Å². The molecule has 2 aromatic heterocycles. The smallest absolute Gasteiger partial charge is 0.230 e. The Balaban J connectivity index is 2.35. The highest BCUT2D eigenvalue weighted by molar-refractivity contribution is 5.30. The summed E-state index contributed by atoms with van der Waals surface area (Å²) in [5.41, 5.74) is 1.27. The quantitative estimate of drug-likeness (QED) is 0.631. The van der Waals surface area contributed by atoms with Gasteiger partial charge in [-0.25, -0.2) is 8.97 Å². The number of aromatic nitrogens is 2. The van der Waals surface area contributed by atoms with Gasteiger partial charge in [-0.05, 0) is 12.5 Å². The van der Waals surface area contributed by atoms with Gasteiger partial charge >= 0.3 is 0 Å². The number of rotatable bonds is 3. The maximum Gasteiger partial charge on any atom is 0.286 e. The van der Waals surface area contributed by atoms with Crippen LogP contribution in [0.25, 0.3) is 5.65 Å². The molecular weight excluding hydrogens is 160 g/mol. The monoisotopic (exact) mass is 175 g/mol. The molecular formula is C11H15N2+. The van der Waals surface area contributed by atoms with Gasteiger partial charge in [0.05, 0.1) is 12.7 Å². The third-order valence-electron chi connectivity index (χ3n) is 2.32. The fraction of sp³-hybridized carbons (Fsp3) is 0.364. The zero-order valence-electron chi connectivity index (χ0n) is 7.98. The van der Waals surface area contributed by atoms with Crippen molar-refractivity contribution in [1.29, 1.82) is 0 Å². The van der Waals surface area contributed by atoms with Gasteiger partial charge in [0.15, 0.2) is 0 Å². The van der Waals surface area contributed by atoms with Gasteiger partial charge < -0.3 is 0 Å². The van der Waals surface area contributed by atoms with Crippen molar-refractivity contribution in [3.05, 3.63) is 36.8 Å². The molecule has 0 spiro atoms. The van der Waals surface area contributed by atoms with E-state index in [9.17, 15) is 0 Å². The molecule has 0 aliphatic heterocycles. The van der Waals surface area contributed by atoms with Crippen LogP contribution in [0.2, 0.25) is 0 Å². The van der Waals surface area contributed by atoms with Crippen molar-refractivity contribution in [2.45, 2.75) is 26.3 Å². The highest BCUT2D eigenvalue weighted by Crippen LogP contribution is 1.98. The lowest BCUT2D eigenvalue weighted by Gasteiger charge is -1.94. The molecule has 0 aromatic carbocycles. The first-order valence-corrected chi connectivity index (χ1v) is 4.87. The molecule has 0 aliphatic carbocycles. The number of aryl methyl sites for hydroxylation is 1. The molecule has 0 radical (unpaired) electrons. The normalized spacial score (nSPS) is 10.8. The number of hydrogen-bond donors (Lipinski definition) is 0. The Morgan fingerprint density at radius 3 is 3.08 bits per heavy atom. The third-order valence-corrected chi connectivity index (χ3v) is 2.32. The van der Waals surface area contributed by atoms with Crippen LogP contribution in [0.5, 0.6) is 0 Å². The minimum absolute atomic E-state index is 1.12. The molecule has 2 aromatic rings. The fourth-order valence-electron chi connectivity index (χ4n) is 1.56. The van der Waals surface area contributed by atoms with Crippen LogP contribution >= 0.6 is 0 Å². The second kappa shape index (κ2) is 3.60. The summed E-state index contributed by atoms with van der Waals surface area (Å²) in [7, 11) is 0. The van der Waals surface area contributed by atoms with E-state index in [0.29, 0.717) is 0 Å². The average molecular weight is 175 g/mol.